The van der Waals surface area contributed by atoms with Gasteiger partial charge in [-0.05, 0) is 43.7 Å². The molecule has 2 heterocycles. The average Bonchev–Trinajstić information content (AvgIpc) is 3.22. The Bertz CT molecular complexity index is 1270. The summed E-state index contributed by atoms with van der Waals surface area (Å²) in [6.45, 7) is 3.97. The normalized spacial score (nSPS) is 11.7. The molecule has 0 aliphatic heterocycles. The molecule has 0 atom stereocenters. The van der Waals surface area contributed by atoms with Crippen LogP contribution in [0, 0.1) is 13.8 Å². The lowest BCUT2D eigenvalue weighted by Crippen LogP contribution is -2.22. The highest BCUT2D eigenvalue weighted by Gasteiger charge is 2.23. The molecule has 0 aliphatic rings. The molecule has 2 aromatic carbocycles. The van der Waals surface area contributed by atoms with E-state index in [4.69, 9.17) is 4.98 Å². The number of nitrogens with zero attached hydrogens (tertiary/aromatic N) is 1. The molecule has 29 heavy (non-hydrogen) atoms. The van der Waals surface area contributed by atoms with Crippen LogP contribution in [0.25, 0.3) is 20.8 Å². The van der Waals surface area contributed by atoms with Crippen molar-refractivity contribution < 1.29 is 13.2 Å². The molecule has 1 N–H and O–H groups in total. The number of hydrogen-bond donors (Lipinski definition) is 1. The molecule has 5 nitrogen and oxygen atoms in total. The number of sulfone groups is 1. The Labute approximate surface area is 177 Å². The van der Waals surface area contributed by atoms with E-state index < -0.39 is 21.5 Å². The molecule has 0 aliphatic carbocycles. The summed E-state index contributed by atoms with van der Waals surface area (Å²) >= 11 is 2.99. The predicted octanol–water partition coefficient (Wildman–Crippen LogP) is 5.05. The lowest BCUT2D eigenvalue weighted by Gasteiger charge is -2.07. The number of para-hydroxylation sites is 1. The number of nitrogens with one attached hydrogen (secondary N) is 1. The fourth-order valence-electron chi connectivity index (χ4n) is 3.00. The molecule has 148 valence electrons. The second-order valence-corrected chi connectivity index (χ2v) is 10.8. The van der Waals surface area contributed by atoms with E-state index in [9.17, 15) is 13.2 Å². The average molecular weight is 443 g/mol. The summed E-state index contributed by atoms with van der Waals surface area (Å²) in [6, 6.07) is 15.9. The van der Waals surface area contributed by atoms with E-state index in [-0.39, 0.29) is 4.90 Å². The highest BCUT2D eigenvalue weighted by molar-refractivity contribution is 7.92. The smallest absolute Gasteiger partial charge is 0.240 e. The molecular weight excluding hydrogens is 424 g/mol. The van der Waals surface area contributed by atoms with Gasteiger partial charge in [-0.1, -0.05) is 30.3 Å². The van der Waals surface area contributed by atoms with Gasteiger partial charge in [0, 0.05) is 10.4 Å². The minimum Gasteiger partial charge on any atom is -0.316 e. The minimum atomic E-state index is -3.70. The van der Waals surface area contributed by atoms with E-state index in [1.54, 1.807) is 29.5 Å². The van der Waals surface area contributed by atoms with Crippen molar-refractivity contribution in [2.24, 2.45) is 0 Å². The summed E-state index contributed by atoms with van der Waals surface area (Å²) in [5.41, 5.74) is 2.80. The Morgan fingerprint density at radius 1 is 1.00 bits per heavy atom. The van der Waals surface area contributed by atoms with Crippen molar-refractivity contribution in [3.63, 3.8) is 0 Å². The Balaban J connectivity index is 1.64. The van der Waals surface area contributed by atoms with Gasteiger partial charge in [-0.15, -0.1) is 22.7 Å². The highest BCUT2D eigenvalue weighted by Crippen LogP contribution is 2.43. The third-order valence-electron chi connectivity index (χ3n) is 4.57. The molecule has 2 aromatic heterocycles. The van der Waals surface area contributed by atoms with Gasteiger partial charge in [0.15, 0.2) is 9.84 Å². The van der Waals surface area contributed by atoms with Crippen LogP contribution in [0.4, 0.5) is 5.00 Å². The number of fused-ring (bicyclic) bond motifs is 1. The zero-order valence-electron chi connectivity index (χ0n) is 15.8. The van der Waals surface area contributed by atoms with E-state index in [0.29, 0.717) is 5.00 Å². The molecule has 0 bridgehead atoms. The van der Waals surface area contributed by atoms with Gasteiger partial charge in [0.2, 0.25) is 5.91 Å². The third kappa shape index (κ3) is 3.96. The largest absolute Gasteiger partial charge is 0.316 e. The van der Waals surface area contributed by atoms with E-state index in [1.165, 1.54) is 23.5 Å². The Kier molecular flexibility index (Phi) is 5.24. The number of thiophene rings is 1. The highest BCUT2D eigenvalue weighted by atomic mass is 32.2. The summed E-state index contributed by atoms with van der Waals surface area (Å²) in [4.78, 5) is 18.5. The first-order chi connectivity index (χ1) is 13.8. The third-order valence-corrected chi connectivity index (χ3v) is 8.38. The van der Waals surface area contributed by atoms with Crippen LogP contribution < -0.4 is 5.32 Å². The van der Waals surface area contributed by atoms with Crippen LogP contribution in [-0.2, 0) is 14.6 Å². The number of hydrogen-bond acceptors (Lipinski definition) is 6. The van der Waals surface area contributed by atoms with Crippen molar-refractivity contribution in [1.82, 2.24) is 4.98 Å². The number of carbonyl (C=O) groups excluding carboxylic acids is 1. The first kappa shape index (κ1) is 19.8. The number of aryl methyl sites for hydroxylation is 1. The fourth-order valence-corrected chi connectivity index (χ4v) is 6.37. The molecule has 4 aromatic rings. The molecule has 4 rings (SSSR count). The van der Waals surface area contributed by atoms with Crippen LogP contribution in [0.5, 0.6) is 0 Å². The van der Waals surface area contributed by atoms with Gasteiger partial charge < -0.3 is 5.32 Å². The number of aromatic nitrogens is 1. The van der Waals surface area contributed by atoms with Gasteiger partial charge in [0.1, 0.15) is 15.8 Å². The number of thiazole rings is 1. The molecule has 0 spiro atoms. The van der Waals surface area contributed by atoms with Crippen LogP contribution in [0.1, 0.15) is 10.4 Å². The lowest BCUT2D eigenvalue weighted by atomic mass is 10.1. The summed E-state index contributed by atoms with van der Waals surface area (Å²) in [5.74, 6) is -1.16. The SMILES string of the molecule is Cc1sc(NC(=O)CS(=O)(=O)c2ccccc2)c(-c2nc3ccccc3s2)c1C. The minimum absolute atomic E-state index is 0.139. The van der Waals surface area contributed by atoms with Crippen LogP contribution >= 0.6 is 22.7 Å². The van der Waals surface area contributed by atoms with Crippen molar-refractivity contribution in [2.45, 2.75) is 18.7 Å². The molecule has 0 fully saturated rings. The lowest BCUT2D eigenvalue weighted by molar-refractivity contribution is -0.113. The van der Waals surface area contributed by atoms with Gasteiger partial charge >= 0.3 is 0 Å². The summed E-state index contributed by atoms with van der Waals surface area (Å²) < 4.78 is 26.1. The molecule has 0 saturated carbocycles. The summed E-state index contributed by atoms with van der Waals surface area (Å²) in [7, 11) is -3.70. The monoisotopic (exact) mass is 442 g/mol. The zero-order valence-corrected chi connectivity index (χ0v) is 18.2. The molecule has 8 heteroatoms. The van der Waals surface area contributed by atoms with E-state index in [0.717, 1.165) is 31.2 Å². The van der Waals surface area contributed by atoms with Crippen LogP contribution in [0.2, 0.25) is 0 Å². The van der Waals surface area contributed by atoms with Crippen LogP contribution in [0.15, 0.2) is 59.5 Å². The maximum atomic E-state index is 12.6. The van der Waals surface area contributed by atoms with Crippen LogP contribution in [-0.4, -0.2) is 25.1 Å². The number of carbonyl (C=O) groups is 1. The van der Waals surface area contributed by atoms with E-state index in [2.05, 4.69) is 5.32 Å². The number of rotatable bonds is 5. The number of anilines is 1. The van der Waals surface area contributed by atoms with Crippen LogP contribution in [0.3, 0.4) is 0 Å². The van der Waals surface area contributed by atoms with Crippen molar-refractivity contribution >= 4 is 53.6 Å². The van der Waals surface area contributed by atoms with Crippen molar-refractivity contribution in [1.29, 1.82) is 0 Å². The standard InChI is InChI=1S/C21H18N2O3S3/c1-13-14(2)27-21(19(13)20-22-16-10-6-7-11-17(16)28-20)23-18(24)12-29(25,26)15-8-4-3-5-9-15/h3-11H,12H2,1-2H3,(H,23,24). The summed E-state index contributed by atoms with van der Waals surface area (Å²) in [6.07, 6.45) is 0. The second-order valence-electron chi connectivity index (χ2n) is 6.59. The maximum Gasteiger partial charge on any atom is 0.240 e. The van der Waals surface area contributed by atoms with E-state index in [1.807, 2.05) is 38.1 Å². The van der Waals surface area contributed by atoms with Crippen molar-refractivity contribution in [3.05, 3.63) is 65.0 Å². The molecule has 1 amide bonds. The molecular formula is C21H18N2O3S3. The Morgan fingerprint density at radius 3 is 2.41 bits per heavy atom. The molecule has 0 saturated heterocycles. The van der Waals surface area contributed by atoms with Gasteiger partial charge in [-0.2, -0.15) is 0 Å². The molecule has 0 unspecified atom stereocenters. The quantitative estimate of drug-likeness (QED) is 0.469. The van der Waals surface area contributed by atoms with Gasteiger partial charge in [0.25, 0.3) is 0 Å². The van der Waals surface area contributed by atoms with Crippen molar-refractivity contribution in [2.75, 3.05) is 11.1 Å². The number of amides is 1. The van der Waals surface area contributed by atoms with Gasteiger partial charge in [-0.25, -0.2) is 13.4 Å². The first-order valence-electron chi connectivity index (χ1n) is 8.89. The molecule has 0 radical (unpaired) electrons. The van der Waals surface area contributed by atoms with Gasteiger partial charge in [0.05, 0.1) is 15.1 Å². The fraction of sp³-hybridized carbons (Fsp3) is 0.143. The summed E-state index contributed by atoms with van der Waals surface area (Å²) in [5, 5.41) is 4.25. The Morgan fingerprint density at radius 2 is 1.69 bits per heavy atom. The zero-order chi connectivity index (χ0) is 20.6. The maximum absolute atomic E-state index is 12.6. The predicted molar refractivity (Wildman–Crippen MR) is 120 cm³/mol. The van der Waals surface area contributed by atoms with Crippen molar-refractivity contribution in [3.8, 4) is 10.6 Å². The number of benzene rings is 2. The first-order valence-corrected chi connectivity index (χ1v) is 12.2. The Hall–Kier alpha value is -2.55. The topological polar surface area (TPSA) is 76.1 Å². The second kappa shape index (κ2) is 7.70. The van der Waals surface area contributed by atoms with Gasteiger partial charge in [-0.3, -0.25) is 4.79 Å². The van der Waals surface area contributed by atoms with E-state index >= 15 is 0 Å².